The van der Waals surface area contributed by atoms with Crippen molar-refractivity contribution < 1.29 is 30.0 Å². The second kappa shape index (κ2) is 6.18. The maximum Gasteiger partial charge on any atom is 0.223 e. The van der Waals surface area contributed by atoms with E-state index in [-0.39, 0.29) is 25.0 Å². The summed E-state index contributed by atoms with van der Waals surface area (Å²) < 4.78 is 5.09. The molecule has 0 saturated carbocycles. The smallest absolute Gasteiger partial charge is 0.223 e. The minimum atomic E-state index is -2.04. The van der Waals surface area contributed by atoms with Crippen molar-refractivity contribution in [2.24, 2.45) is 11.8 Å². The summed E-state index contributed by atoms with van der Waals surface area (Å²) in [5.41, 5.74) is 0. The number of aliphatic hydroxyl groups is 4. The Kier molecular flexibility index (Phi) is 4.89. The Morgan fingerprint density at radius 1 is 1.38 bits per heavy atom. The summed E-state index contributed by atoms with van der Waals surface area (Å²) in [6.07, 6.45) is -3.05. The molecule has 2 aliphatic heterocycles. The number of amides is 1. The number of hydrogen-bond donors (Lipinski definition) is 4. The van der Waals surface area contributed by atoms with Gasteiger partial charge in [-0.05, 0) is 18.3 Å². The molecule has 0 aromatic rings. The Bertz CT molecular complexity index is 390. The van der Waals surface area contributed by atoms with Gasteiger partial charge in [-0.3, -0.25) is 4.79 Å². The molecule has 2 heterocycles. The lowest BCUT2D eigenvalue weighted by atomic mass is 9.96. The quantitative estimate of drug-likeness (QED) is 0.513. The van der Waals surface area contributed by atoms with Gasteiger partial charge in [-0.1, -0.05) is 13.8 Å². The van der Waals surface area contributed by atoms with Gasteiger partial charge in [0, 0.05) is 13.0 Å². The van der Waals surface area contributed by atoms with Gasteiger partial charge in [0.25, 0.3) is 0 Å². The maximum absolute atomic E-state index is 12.0. The number of carbonyl (C=O) groups excluding carboxylic acids is 1. The third kappa shape index (κ3) is 3.54. The number of β-amino-alcohol motifs (C(OH)–C–C–N with tert-alkyl or cyclic N) is 1. The minimum Gasteiger partial charge on any atom is -0.388 e. The van der Waals surface area contributed by atoms with Crippen LogP contribution < -0.4 is 0 Å². The van der Waals surface area contributed by atoms with Crippen LogP contribution in [0, 0.1) is 11.8 Å². The van der Waals surface area contributed by atoms with Gasteiger partial charge in [0.05, 0.1) is 13.2 Å². The van der Waals surface area contributed by atoms with E-state index in [4.69, 9.17) is 4.74 Å². The fourth-order valence-corrected chi connectivity index (χ4v) is 3.13. The van der Waals surface area contributed by atoms with Gasteiger partial charge in [0.15, 0.2) is 0 Å². The van der Waals surface area contributed by atoms with Gasteiger partial charge in [-0.25, -0.2) is 0 Å². The summed E-state index contributed by atoms with van der Waals surface area (Å²) in [5.74, 6) is -1.41. The molecule has 7 nitrogen and oxygen atoms in total. The Labute approximate surface area is 124 Å². The summed E-state index contributed by atoms with van der Waals surface area (Å²) >= 11 is 0. The average molecular weight is 303 g/mol. The first kappa shape index (κ1) is 16.6. The van der Waals surface area contributed by atoms with Crippen molar-refractivity contribution in [2.75, 3.05) is 19.7 Å². The van der Waals surface area contributed by atoms with Crippen LogP contribution in [0.4, 0.5) is 0 Å². The Hall–Kier alpha value is -0.730. The zero-order valence-electron chi connectivity index (χ0n) is 12.5. The summed E-state index contributed by atoms with van der Waals surface area (Å²) in [5, 5.41) is 39.3. The van der Waals surface area contributed by atoms with E-state index in [2.05, 4.69) is 13.8 Å². The second-order valence-corrected chi connectivity index (χ2v) is 6.63. The van der Waals surface area contributed by atoms with Gasteiger partial charge >= 0.3 is 0 Å². The van der Waals surface area contributed by atoms with Crippen LogP contribution in [0.2, 0.25) is 0 Å². The maximum atomic E-state index is 12.0. The van der Waals surface area contributed by atoms with E-state index in [1.165, 1.54) is 4.90 Å². The van der Waals surface area contributed by atoms with Crippen LogP contribution in [0.5, 0.6) is 0 Å². The molecule has 2 fully saturated rings. The molecule has 21 heavy (non-hydrogen) atoms. The van der Waals surface area contributed by atoms with Crippen LogP contribution >= 0.6 is 0 Å². The molecule has 0 spiro atoms. The first-order chi connectivity index (χ1) is 9.73. The highest BCUT2D eigenvalue weighted by atomic mass is 16.6. The van der Waals surface area contributed by atoms with Crippen LogP contribution in [0.15, 0.2) is 0 Å². The molecule has 4 N–H and O–H groups in total. The summed E-state index contributed by atoms with van der Waals surface area (Å²) in [7, 11) is 0. The predicted octanol–water partition coefficient (Wildman–Crippen LogP) is -1.32. The summed E-state index contributed by atoms with van der Waals surface area (Å²) in [6, 6.07) is 0. The van der Waals surface area contributed by atoms with E-state index < -0.39 is 24.1 Å². The summed E-state index contributed by atoms with van der Waals surface area (Å²) in [6.45, 7) is 4.20. The van der Waals surface area contributed by atoms with Crippen molar-refractivity contribution in [2.45, 2.75) is 50.8 Å². The zero-order chi connectivity index (χ0) is 15.8. The van der Waals surface area contributed by atoms with Crippen LogP contribution in [-0.2, 0) is 9.53 Å². The van der Waals surface area contributed by atoms with Crippen molar-refractivity contribution in [3.05, 3.63) is 0 Å². The molecule has 2 rings (SSSR count). The molecule has 0 aromatic carbocycles. The molecule has 0 bridgehead atoms. The molecule has 7 heteroatoms. The Morgan fingerprint density at radius 3 is 2.67 bits per heavy atom. The average Bonchev–Trinajstić information content (AvgIpc) is 2.71. The lowest BCUT2D eigenvalue weighted by molar-refractivity contribution is -0.323. The van der Waals surface area contributed by atoms with E-state index in [0.29, 0.717) is 18.9 Å². The summed E-state index contributed by atoms with van der Waals surface area (Å²) in [4.78, 5) is 13.5. The third-order valence-electron chi connectivity index (χ3n) is 4.20. The molecule has 1 unspecified atom stereocenters. The third-order valence-corrected chi connectivity index (χ3v) is 4.20. The predicted molar refractivity (Wildman–Crippen MR) is 73.1 cm³/mol. The standard InChI is InChI=1S/C14H25NO6/c1-8(2)3-9-4-11(17)15(5-9)7-14(20)13(19)12(18)10(16)6-21-14/h8-10,12-13,16,18-20H,3-7H2,1-2H3/t9?,10-,12-,13+,14-/m1/s1. The van der Waals surface area contributed by atoms with Crippen molar-refractivity contribution in [1.82, 2.24) is 4.90 Å². The van der Waals surface area contributed by atoms with E-state index >= 15 is 0 Å². The van der Waals surface area contributed by atoms with Gasteiger partial charge in [-0.2, -0.15) is 0 Å². The number of aliphatic hydroxyl groups excluding tert-OH is 3. The first-order valence-corrected chi connectivity index (χ1v) is 7.41. The normalized spacial score (nSPS) is 41.1. The molecular weight excluding hydrogens is 278 g/mol. The number of nitrogens with zero attached hydrogens (tertiary/aromatic N) is 1. The fraction of sp³-hybridized carbons (Fsp3) is 0.929. The van der Waals surface area contributed by atoms with Crippen LogP contribution in [-0.4, -0.2) is 75.0 Å². The molecule has 2 saturated heterocycles. The van der Waals surface area contributed by atoms with Crippen molar-refractivity contribution >= 4 is 5.91 Å². The van der Waals surface area contributed by atoms with Crippen LogP contribution in [0.1, 0.15) is 26.7 Å². The highest BCUT2D eigenvalue weighted by molar-refractivity contribution is 5.78. The minimum absolute atomic E-state index is 0.0921. The van der Waals surface area contributed by atoms with Crippen LogP contribution in [0.25, 0.3) is 0 Å². The molecule has 0 aromatic heterocycles. The molecular formula is C14H25NO6. The SMILES string of the molecule is CC(C)CC1CC(=O)N(C[C@@]2(O)OC[C@@H](O)[C@@H](O)[C@@H]2O)C1. The van der Waals surface area contributed by atoms with Gasteiger partial charge in [0.1, 0.15) is 18.3 Å². The largest absolute Gasteiger partial charge is 0.388 e. The van der Waals surface area contributed by atoms with E-state index in [1.54, 1.807) is 0 Å². The van der Waals surface area contributed by atoms with Gasteiger partial charge < -0.3 is 30.1 Å². The highest BCUT2D eigenvalue weighted by Gasteiger charge is 2.50. The molecule has 5 atom stereocenters. The molecule has 2 aliphatic rings. The number of carbonyl (C=O) groups is 1. The van der Waals surface area contributed by atoms with Gasteiger partial charge in [-0.15, -0.1) is 0 Å². The molecule has 0 aliphatic carbocycles. The lowest BCUT2D eigenvalue weighted by Crippen LogP contribution is -2.64. The van der Waals surface area contributed by atoms with Crippen molar-refractivity contribution in [1.29, 1.82) is 0 Å². The number of rotatable bonds is 4. The van der Waals surface area contributed by atoms with Gasteiger partial charge in [0.2, 0.25) is 11.7 Å². The molecule has 0 radical (unpaired) electrons. The van der Waals surface area contributed by atoms with E-state index in [9.17, 15) is 25.2 Å². The lowest BCUT2D eigenvalue weighted by Gasteiger charge is -2.43. The van der Waals surface area contributed by atoms with Crippen LogP contribution in [0.3, 0.4) is 0 Å². The zero-order valence-corrected chi connectivity index (χ0v) is 12.5. The van der Waals surface area contributed by atoms with E-state index in [0.717, 1.165) is 6.42 Å². The monoisotopic (exact) mass is 303 g/mol. The topological polar surface area (TPSA) is 110 Å². The molecule has 122 valence electrons. The Morgan fingerprint density at radius 2 is 2.05 bits per heavy atom. The fourth-order valence-electron chi connectivity index (χ4n) is 3.13. The first-order valence-electron chi connectivity index (χ1n) is 7.41. The van der Waals surface area contributed by atoms with Crippen molar-refractivity contribution in [3.63, 3.8) is 0 Å². The Balaban J connectivity index is 1.99. The molecule has 1 amide bonds. The van der Waals surface area contributed by atoms with Crippen molar-refractivity contribution in [3.8, 4) is 0 Å². The number of ether oxygens (including phenoxy) is 1. The highest BCUT2D eigenvalue weighted by Crippen LogP contribution is 2.29. The number of hydrogen-bond acceptors (Lipinski definition) is 6. The van der Waals surface area contributed by atoms with E-state index in [1.807, 2.05) is 0 Å². The number of likely N-dealkylation sites (tertiary alicyclic amines) is 1. The second-order valence-electron chi connectivity index (χ2n) is 6.63.